The van der Waals surface area contributed by atoms with E-state index in [1.54, 1.807) is 17.0 Å². The molecular formula is C20H28N2O3. The highest BCUT2D eigenvalue weighted by molar-refractivity contribution is 5.91. The minimum Gasteiger partial charge on any atom is -0.459 e. The SMILES string of the molecule is CC(C)=CC1C(C(=O)NC2CCN(C(=O)c3ccco3)CC2)C1(C)C. The van der Waals surface area contributed by atoms with Crippen molar-refractivity contribution in [2.75, 3.05) is 13.1 Å². The lowest BCUT2D eigenvalue weighted by molar-refractivity contribution is -0.124. The van der Waals surface area contributed by atoms with Crippen molar-refractivity contribution >= 4 is 11.8 Å². The highest BCUT2D eigenvalue weighted by atomic mass is 16.3. The van der Waals surface area contributed by atoms with E-state index in [0.29, 0.717) is 24.8 Å². The van der Waals surface area contributed by atoms with Gasteiger partial charge in [0.15, 0.2) is 5.76 Å². The Hall–Kier alpha value is -2.04. The molecule has 0 bridgehead atoms. The third kappa shape index (κ3) is 3.65. The Morgan fingerprint density at radius 1 is 1.28 bits per heavy atom. The van der Waals surface area contributed by atoms with Gasteiger partial charge < -0.3 is 14.6 Å². The van der Waals surface area contributed by atoms with E-state index in [1.165, 1.54) is 11.8 Å². The average molecular weight is 344 g/mol. The highest BCUT2D eigenvalue weighted by Crippen LogP contribution is 2.59. The van der Waals surface area contributed by atoms with Crippen LogP contribution in [-0.4, -0.2) is 35.8 Å². The Bertz CT molecular complexity index is 663. The first kappa shape index (κ1) is 17.8. The predicted octanol–water partition coefficient (Wildman–Crippen LogP) is 3.24. The molecular weight excluding hydrogens is 316 g/mol. The van der Waals surface area contributed by atoms with Crippen LogP contribution < -0.4 is 5.32 Å². The molecule has 1 aromatic heterocycles. The predicted molar refractivity (Wildman–Crippen MR) is 96.0 cm³/mol. The summed E-state index contributed by atoms with van der Waals surface area (Å²) < 4.78 is 5.18. The number of carbonyl (C=O) groups excluding carboxylic acids is 2. The van der Waals surface area contributed by atoms with Gasteiger partial charge in [0, 0.05) is 19.1 Å². The topological polar surface area (TPSA) is 62.6 Å². The molecule has 25 heavy (non-hydrogen) atoms. The standard InChI is InChI=1S/C20H28N2O3/c1-13(2)12-15-17(20(15,3)4)18(23)21-14-7-9-22(10-8-14)19(24)16-6-5-11-25-16/h5-6,11-12,14-15,17H,7-10H2,1-4H3,(H,21,23). The van der Waals surface area contributed by atoms with Crippen molar-refractivity contribution in [3.63, 3.8) is 0 Å². The van der Waals surface area contributed by atoms with Gasteiger partial charge >= 0.3 is 0 Å². The molecule has 2 fully saturated rings. The molecule has 1 aliphatic heterocycles. The molecule has 2 aliphatic rings. The van der Waals surface area contributed by atoms with E-state index in [9.17, 15) is 9.59 Å². The van der Waals surface area contributed by atoms with Crippen LogP contribution >= 0.6 is 0 Å². The number of carbonyl (C=O) groups is 2. The molecule has 0 spiro atoms. The van der Waals surface area contributed by atoms with Crippen molar-refractivity contribution in [3.05, 3.63) is 35.8 Å². The summed E-state index contributed by atoms with van der Waals surface area (Å²) in [6, 6.07) is 3.56. The lowest BCUT2D eigenvalue weighted by Crippen LogP contribution is -2.47. The monoisotopic (exact) mass is 344 g/mol. The number of rotatable bonds is 4. The molecule has 0 aromatic carbocycles. The highest BCUT2D eigenvalue weighted by Gasteiger charge is 2.60. The van der Waals surface area contributed by atoms with Gasteiger partial charge in [-0.2, -0.15) is 0 Å². The van der Waals surface area contributed by atoms with Crippen molar-refractivity contribution in [2.24, 2.45) is 17.3 Å². The number of piperidine rings is 1. The number of likely N-dealkylation sites (tertiary alicyclic amines) is 1. The zero-order chi connectivity index (χ0) is 18.2. The van der Waals surface area contributed by atoms with Gasteiger partial charge in [-0.1, -0.05) is 25.5 Å². The first-order valence-corrected chi connectivity index (χ1v) is 9.09. The van der Waals surface area contributed by atoms with Crippen LogP contribution in [-0.2, 0) is 4.79 Å². The fraction of sp³-hybridized carbons (Fsp3) is 0.600. The molecule has 2 unspecified atom stereocenters. The first-order valence-electron chi connectivity index (χ1n) is 9.09. The van der Waals surface area contributed by atoms with Gasteiger partial charge in [-0.25, -0.2) is 0 Å². The van der Waals surface area contributed by atoms with Gasteiger partial charge in [0.05, 0.1) is 12.2 Å². The van der Waals surface area contributed by atoms with Crippen molar-refractivity contribution < 1.29 is 14.0 Å². The average Bonchev–Trinajstić information content (AvgIpc) is 2.94. The van der Waals surface area contributed by atoms with Crippen LogP contribution in [0.25, 0.3) is 0 Å². The number of amides is 2. The zero-order valence-corrected chi connectivity index (χ0v) is 15.5. The molecule has 1 saturated heterocycles. The van der Waals surface area contributed by atoms with Crippen LogP contribution in [0.3, 0.4) is 0 Å². The lowest BCUT2D eigenvalue weighted by Gasteiger charge is -2.32. The summed E-state index contributed by atoms with van der Waals surface area (Å²) in [6.07, 6.45) is 5.31. The Labute approximate surface area is 149 Å². The number of nitrogens with one attached hydrogen (secondary N) is 1. The summed E-state index contributed by atoms with van der Waals surface area (Å²) in [5.74, 6) is 0.861. The molecule has 1 aliphatic carbocycles. The minimum atomic E-state index is -0.0678. The van der Waals surface area contributed by atoms with Crippen LogP contribution in [0.1, 0.15) is 51.1 Å². The summed E-state index contributed by atoms with van der Waals surface area (Å²) in [5, 5.41) is 3.20. The maximum atomic E-state index is 12.6. The number of allylic oxidation sites excluding steroid dienone is 2. The van der Waals surface area contributed by atoms with E-state index in [2.05, 4.69) is 39.1 Å². The maximum Gasteiger partial charge on any atom is 0.289 e. The van der Waals surface area contributed by atoms with Crippen LogP contribution in [0, 0.1) is 17.3 Å². The van der Waals surface area contributed by atoms with Crippen molar-refractivity contribution in [3.8, 4) is 0 Å². The summed E-state index contributed by atoms with van der Waals surface area (Å²) in [6.45, 7) is 9.77. The molecule has 1 aromatic rings. The van der Waals surface area contributed by atoms with Crippen molar-refractivity contribution in [2.45, 2.75) is 46.6 Å². The van der Waals surface area contributed by atoms with Crippen LogP contribution in [0.2, 0.25) is 0 Å². The largest absolute Gasteiger partial charge is 0.459 e. The van der Waals surface area contributed by atoms with E-state index in [4.69, 9.17) is 4.42 Å². The second-order valence-corrected chi connectivity index (χ2v) is 8.12. The molecule has 3 rings (SSSR count). The molecule has 136 valence electrons. The van der Waals surface area contributed by atoms with Crippen LogP contribution in [0.5, 0.6) is 0 Å². The Balaban J connectivity index is 1.50. The molecule has 1 N–H and O–H groups in total. The normalized spacial score (nSPS) is 25.4. The maximum absolute atomic E-state index is 12.6. The smallest absolute Gasteiger partial charge is 0.289 e. The fourth-order valence-corrected chi connectivity index (χ4v) is 3.92. The van der Waals surface area contributed by atoms with Gasteiger partial charge in [-0.15, -0.1) is 0 Å². The molecule has 2 heterocycles. The molecule has 2 atom stereocenters. The summed E-state index contributed by atoms with van der Waals surface area (Å²) in [4.78, 5) is 26.7. The van der Waals surface area contributed by atoms with Gasteiger partial charge in [0.1, 0.15) is 0 Å². The molecule has 0 radical (unpaired) electrons. The zero-order valence-electron chi connectivity index (χ0n) is 15.5. The third-order valence-electron chi connectivity index (χ3n) is 5.57. The summed E-state index contributed by atoms with van der Waals surface area (Å²) in [7, 11) is 0. The van der Waals surface area contributed by atoms with E-state index in [0.717, 1.165) is 12.8 Å². The molecule has 1 saturated carbocycles. The second kappa shape index (κ2) is 6.70. The first-order chi connectivity index (χ1) is 11.8. The number of hydrogen-bond donors (Lipinski definition) is 1. The van der Waals surface area contributed by atoms with E-state index >= 15 is 0 Å². The van der Waals surface area contributed by atoms with Gasteiger partial charge in [0.2, 0.25) is 5.91 Å². The van der Waals surface area contributed by atoms with Gasteiger partial charge in [-0.05, 0) is 50.2 Å². The Morgan fingerprint density at radius 2 is 1.96 bits per heavy atom. The van der Waals surface area contributed by atoms with E-state index in [-0.39, 0.29) is 29.2 Å². The van der Waals surface area contributed by atoms with Crippen LogP contribution in [0.4, 0.5) is 0 Å². The number of hydrogen-bond acceptors (Lipinski definition) is 3. The third-order valence-corrected chi connectivity index (χ3v) is 5.57. The fourth-order valence-electron chi connectivity index (χ4n) is 3.92. The number of nitrogens with zero attached hydrogens (tertiary/aromatic N) is 1. The summed E-state index contributed by atoms with van der Waals surface area (Å²) >= 11 is 0. The quantitative estimate of drug-likeness (QED) is 0.853. The Morgan fingerprint density at radius 3 is 2.52 bits per heavy atom. The number of furan rings is 1. The van der Waals surface area contributed by atoms with Crippen LogP contribution in [0.15, 0.2) is 34.5 Å². The molecule has 5 nitrogen and oxygen atoms in total. The van der Waals surface area contributed by atoms with Crippen molar-refractivity contribution in [1.82, 2.24) is 10.2 Å². The molecule has 2 amide bonds. The lowest BCUT2D eigenvalue weighted by atomic mass is 10.0. The molecule has 5 heteroatoms. The Kier molecular flexibility index (Phi) is 4.76. The van der Waals surface area contributed by atoms with E-state index < -0.39 is 0 Å². The van der Waals surface area contributed by atoms with Gasteiger partial charge in [-0.3, -0.25) is 9.59 Å². The summed E-state index contributed by atoms with van der Waals surface area (Å²) in [5.41, 5.74) is 1.30. The minimum absolute atomic E-state index is 0.0390. The second-order valence-electron chi connectivity index (χ2n) is 8.12. The van der Waals surface area contributed by atoms with Gasteiger partial charge in [0.25, 0.3) is 5.91 Å². The van der Waals surface area contributed by atoms with E-state index in [1.807, 2.05) is 0 Å². The van der Waals surface area contributed by atoms with Crippen molar-refractivity contribution in [1.29, 1.82) is 0 Å².